The molecule has 0 amide bonds. The van der Waals surface area contributed by atoms with Crippen LogP contribution in [0.1, 0.15) is 39.5 Å². The highest BCUT2D eigenvalue weighted by atomic mass is 16.4. The van der Waals surface area contributed by atoms with Crippen molar-refractivity contribution in [1.82, 2.24) is 4.90 Å². The van der Waals surface area contributed by atoms with E-state index in [1.54, 1.807) is 0 Å². The number of nitrogens with zero attached hydrogens (tertiary/aromatic N) is 1. The van der Waals surface area contributed by atoms with E-state index >= 15 is 0 Å². The van der Waals surface area contributed by atoms with Crippen LogP contribution >= 0.6 is 0 Å². The van der Waals surface area contributed by atoms with E-state index < -0.39 is 5.97 Å². The average Bonchev–Trinajstić information content (AvgIpc) is 2.14. The highest BCUT2D eigenvalue weighted by molar-refractivity contribution is 5.66. The van der Waals surface area contributed by atoms with Crippen molar-refractivity contribution in [1.29, 1.82) is 0 Å². The minimum absolute atomic E-state index is 0.298. The highest BCUT2D eigenvalue weighted by Crippen LogP contribution is 2.19. The number of likely N-dealkylation sites (tertiary alicyclic amines) is 1. The van der Waals surface area contributed by atoms with Crippen molar-refractivity contribution in [3.05, 3.63) is 0 Å². The number of hydrogen-bond acceptors (Lipinski definition) is 2. The molecule has 0 aromatic rings. The van der Waals surface area contributed by atoms with Crippen LogP contribution in [-0.2, 0) is 4.79 Å². The molecule has 1 saturated heterocycles. The van der Waals surface area contributed by atoms with E-state index in [4.69, 9.17) is 5.11 Å². The van der Waals surface area contributed by atoms with E-state index in [0.29, 0.717) is 12.5 Å². The first kappa shape index (κ1) is 11.5. The van der Waals surface area contributed by atoms with Crippen LogP contribution in [0.25, 0.3) is 0 Å². The van der Waals surface area contributed by atoms with Gasteiger partial charge >= 0.3 is 5.97 Å². The topological polar surface area (TPSA) is 40.5 Å². The summed E-state index contributed by atoms with van der Waals surface area (Å²) in [6.07, 6.45) is 3.66. The van der Waals surface area contributed by atoms with Gasteiger partial charge in [0.15, 0.2) is 0 Å². The molecule has 82 valence electrons. The van der Waals surface area contributed by atoms with E-state index in [9.17, 15) is 4.79 Å². The molecule has 1 rings (SSSR count). The molecule has 0 aromatic carbocycles. The van der Waals surface area contributed by atoms with Gasteiger partial charge in [-0.3, -0.25) is 4.79 Å². The Morgan fingerprint density at radius 1 is 1.64 bits per heavy atom. The molecule has 0 radical (unpaired) electrons. The Labute approximate surface area is 86.1 Å². The van der Waals surface area contributed by atoms with Gasteiger partial charge in [-0.15, -0.1) is 0 Å². The lowest BCUT2D eigenvalue weighted by atomic mass is 9.98. The maximum atomic E-state index is 10.4. The van der Waals surface area contributed by atoms with Gasteiger partial charge in [-0.2, -0.15) is 0 Å². The number of carbonyl (C=O) groups is 1. The zero-order valence-electron chi connectivity index (χ0n) is 9.20. The van der Waals surface area contributed by atoms with Crippen LogP contribution in [0.15, 0.2) is 0 Å². The van der Waals surface area contributed by atoms with Gasteiger partial charge < -0.3 is 10.0 Å². The number of piperidine rings is 1. The second kappa shape index (κ2) is 5.35. The molecular weight excluding hydrogens is 178 g/mol. The Bertz CT molecular complexity index is 194. The third kappa shape index (κ3) is 3.66. The molecule has 1 heterocycles. The summed E-state index contributed by atoms with van der Waals surface area (Å²) < 4.78 is 0. The van der Waals surface area contributed by atoms with Gasteiger partial charge in [0.05, 0.1) is 0 Å². The Hall–Kier alpha value is -0.570. The number of carboxylic acid groups (broad SMARTS) is 1. The zero-order chi connectivity index (χ0) is 10.6. The summed E-state index contributed by atoms with van der Waals surface area (Å²) in [5, 5.41) is 8.59. The first-order valence-electron chi connectivity index (χ1n) is 5.55. The van der Waals surface area contributed by atoms with Gasteiger partial charge in [-0.25, -0.2) is 0 Å². The normalized spacial score (nSPS) is 26.0. The number of carboxylic acids is 1. The quantitative estimate of drug-likeness (QED) is 0.752. The number of aliphatic carboxylic acids is 1. The summed E-state index contributed by atoms with van der Waals surface area (Å²) in [7, 11) is 0. The Kier molecular flexibility index (Phi) is 4.39. The molecule has 0 aromatic heterocycles. The molecule has 0 spiro atoms. The molecule has 14 heavy (non-hydrogen) atoms. The molecule has 1 aliphatic heterocycles. The molecular formula is C11H21NO2. The van der Waals surface area contributed by atoms with Gasteiger partial charge in [0.2, 0.25) is 0 Å². The summed E-state index contributed by atoms with van der Waals surface area (Å²) in [6.45, 7) is 6.70. The van der Waals surface area contributed by atoms with Crippen LogP contribution in [0.4, 0.5) is 0 Å². The Morgan fingerprint density at radius 3 is 2.93 bits per heavy atom. The van der Waals surface area contributed by atoms with Crippen LogP contribution in [0.2, 0.25) is 0 Å². The van der Waals surface area contributed by atoms with Crippen LogP contribution in [0, 0.1) is 5.92 Å². The molecule has 1 fully saturated rings. The maximum Gasteiger partial charge on any atom is 0.303 e. The second-order valence-corrected chi connectivity index (χ2v) is 4.52. The van der Waals surface area contributed by atoms with Crippen molar-refractivity contribution in [2.24, 2.45) is 5.92 Å². The van der Waals surface area contributed by atoms with Gasteiger partial charge in [-0.05, 0) is 38.6 Å². The Balaban J connectivity index is 2.28. The van der Waals surface area contributed by atoms with Gasteiger partial charge in [0.1, 0.15) is 0 Å². The molecule has 2 unspecified atom stereocenters. The molecule has 3 nitrogen and oxygen atoms in total. The van der Waals surface area contributed by atoms with E-state index in [-0.39, 0.29) is 0 Å². The molecule has 0 saturated carbocycles. The van der Waals surface area contributed by atoms with E-state index in [1.807, 2.05) is 0 Å². The molecule has 3 heteroatoms. The summed E-state index contributed by atoms with van der Waals surface area (Å²) >= 11 is 0. The largest absolute Gasteiger partial charge is 0.481 e. The summed E-state index contributed by atoms with van der Waals surface area (Å²) in [5.74, 6) is 0.0953. The fourth-order valence-electron chi connectivity index (χ4n) is 2.14. The first-order valence-corrected chi connectivity index (χ1v) is 5.55. The van der Waals surface area contributed by atoms with Gasteiger partial charge in [0, 0.05) is 19.0 Å². The van der Waals surface area contributed by atoms with Crippen molar-refractivity contribution >= 4 is 5.97 Å². The SMILES string of the molecule is CC1CCCN(C(C)CCC(=O)O)C1. The number of rotatable bonds is 4. The van der Waals surface area contributed by atoms with Gasteiger partial charge in [0.25, 0.3) is 0 Å². The van der Waals surface area contributed by atoms with Crippen LogP contribution < -0.4 is 0 Å². The minimum Gasteiger partial charge on any atom is -0.481 e. The monoisotopic (exact) mass is 199 g/mol. The highest BCUT2D eigenvalue weighted by Gasteiger charge is 2.20. The average molecular weight is 199 g/mol. The summed E-state index contributed by atoms with van der Waals surface area (Å²) in [6, 6.07) is 0.425. The maximum absolute atomic E-state index is 10.4. The third-order valence-electron chi connectivity index (χ3n) is 3.09. The first-order chi connectivity index (χ1) is 6.59. The molecule has 0 bridgehead atoms. The second-order valence-electron chi connectivity index (χ2n) is 4.52. The van der Waals surface area contributed by atoms with Crippen molar-refractivity contribution in [3.63, 3.8) is 0 Å². The molecule has 1 N–H and O–H groups in total. The molecule has 1 aliphatic rings. The molecule has 0 aliphatic carbocycles. The zero-order valence-corrected chi connectivity index (χ0v) is 9.20. The van der Waals surface area contributed by atoms with E-state index in [0.717, 1.165) is 25.4 Å². The Morgan fingerprint density at radius 2 is 2.36 bits per heavy atom. The lowest BCUT2D eigenvalue weighted by molar-refractivity contribution is -0.137. The lowest BCUT2D eigenvalue weighted by Crippen LogP contribution is -2.40. The lowest BCUT2D eigenvalue weighted by Gasteiger charge is -2.35. The summed E-state index contributed by atoms with van der Waals surface area (Å²) in [5.41, 5.74) is 0. The van der Waals surface area contributed by atoms with E-state index in [2.05, 4.69) is 18.7 Å². The predicted molar refractivity (Wildman–Crippen MR) is 56.3 cm³/mol. The fraction of sp³-hybridized carbons (Fsp3) is 0.909. The van der Waals surface area contributed by atoms with Gasteiger partial charge in [-0.1, -0.05) is 6.92 Å². The minimum atomic E-state index is -0.679. The molecule has 2 atom stereocenters. The van der Waals surface area contributed by atoms with Crippen LogP contribution in [0.3, 0.4) is 0 Å². The third-order valence-corrected chi connectivity index (χ3v) is 3.09. The number of hydrogen-bond donors (Lipinski definition) is 1. The van der Waals surface area contributed by atoms with Crippen LogP contribution in [0.5, 0.6) is 0 Å². The predicted octanol–water partition coefficient (Wildman–Crippen LogP) is 1.97. The van der Waals surface area contributed by atoms with E-state index in [1.165, 1.54) is 12.8 Å². The van der Waals surface area contributed by atoms with Crippen molar-refractivity contribution in [2.75, 3.05) is 13.1 Å². The summed E-state index contributed by atoms with van der Waals surface area (Å²) in [4.78, 5) is 12.9. The van der Waals surface area contributed by atoms with Crippen molar-refractivity contribution < 1.29 is 9.90 Å². The van der Waals surface area contributed by atoms with Crippen molar-refractivity contribution in [2.45, 2.75) is 45.6 Å². The smallest absolute Gasteiger partial charge is 0.303 e. The van der Waals surface area contributed by atoms with Crippen molar-refractivity contribution in [3.8, 4) is 0 Å². The standard InChI is InChI=1S/C11H21NO2/c1-9-4-3-7-12(8-9)10(2)5-6-11(13)14/h9-10H,3-8H2,1-2H3,(H,13,14). The van der Waals surface area contributed by atoms with Crippen LogP contribution in [-0.4, -0.2) is 35.1 Å². The fourth-order valence-corrected chi connectivity index (χ4v) is 2.14.